The first-order chi connectivity index (χ1) is 7.57. The molecule has 0 amide bonds. The highest BCUT2D eigenvalue weighted by Gasteiger charge is 2.55. The van der Waals surface area contributed by atoms with Crippen molar-refractivity contribution in [3.05, 3.63) is 24.3 Å². The monoisotopic (exact) mass is 228 g/mol. The Balaban J connectivity index is 2.85. The Morgan fingerprint density at radius 3 is 2.88 bits per heavy atom. The first kappa shape index (κ1) is 12.9. The van der Waals surface area contributed by atoms with Crippen molar-refractivity contribution >= 4 is 5.97 Å². The second-order valence-corrected chi connectivity index (χ2v) is 3.66. The van der Waals surface area contributed by atoms with Crippen LogP contribution < -0.4 is 0 Å². The van der Waals surface area contributed by atoms with Crippen molar-refractivity contribution in [3.63, 3.8) is 0 Å². The number of carbonyl (C=O) groups is 1. The fourth-order valence-electron chi connectivity index (χ4n) is 1.57. The van der Waals surface area contributed by atoms with E-state index in [4.69, 9.17) is 5.11 Å². The number of allylic oxidation sites excluding steroid dienone is 3. The molecule has 5 nitrogen and oxygen atoms in total. The molecule has 0 aromatic carbocycles. The fourth-order valence-corrected chi connectivity index (χ4v) is 1.57. The topological polar surface area (TPSA) is 87.0 Å². The van der Waals surface area contributed by atoms with E-state index < -0.39 is 30.2 Å². The SMILES string of the molecule is CC=CC=CC(O)C1(O)C(=O)OCC1CO. The number of hydrogen-bond donors (Lipinski definition) is 3. The van der Waals surface area contributed by atoms with Crippen LogP contribution in [0.15, 0.2) is 24.3 Å². The van der Waals surface area contributed by atoms with Gasteiger partial charge in [0.05, 0.1) is 19.1 Å². The van der Waals surface area contributed by atoms with Crippen LogP contribution in [0.2, 0.25) is 0 Å². The third kappa shape index (κ3) is 2.16. The number of rotatable bonds is 4. The van der Waals surface area contributed by atoms with Gasteiger partial charge >= 0.3 is 5.97 Å². The van der Waals surface area contributed by atoms with Crippen molar-refractivity contribution in [3.8, 4) is 0 Å². The molecule has 0 bridgehead atoms. The molecule has 0 aliphatic carbocycles. The number of hydrogen-bond acceptors (Lipinski definition) is 5. The van der Waals surface area contributed by atoms with Crippen molar-refractivity contribution in [2.75, 3.05) is 13.2 Å². The maximum Gasteiger partial charge on any atom is 0.341 e. The van der Waals surface area contributed by atoms with Crippen LogP contribution in [0.1, 0.15) is 6.92 Å². The molecule has 3 N–H and O–H groups in total. The molecule has 1 aliphatic heterocycles. The Bertz CT molecular complexity index is 309. The lowest BCUT2D eigenvalue weighted by Gasteiger charge is -2.27. The summed E-state index contributed by atoms with van der Waals surface area (Å²) in [5.41, 5.74) is -2.05. The van der Waals surface area contributed by atoms with E-state index in [0.29, 0.717) is 0 Å². The predicted molar refractivity (Wildman–Crippen MR) is 56.4 cm³/mol. The predicted octanol–water partition coefficient (Wildman–Crippen LogP) is -0.624. The van der Waals surface area contributed by atoms with Crippen molar-refractivity contribution in [1.29, 1.82) is 0 Å². The van der Waals surface area contributed by atoms with Crippen molar-refractivity contribution in [2.45, 2.75) is 18.6 Å². The molecule has 0 saturated carbocycles. The second-order valence-electron chi connectivity index (χ2n) is 3.66. The van der Waals surface area contributed by atoms with E-state index in [0.717, 1.165) is 0 Å². The van der Waals surface area contributed by atoms with Gasteiger partial charge in [-0.2, -0.15) is 0 Å². The molecule has 0 aromatic rings. The third-order valence-electron chi connectivity index (χ3n) is 2.63. The minimum atomic E-state index is -2.05. The number of aliphatic hydroxyl groups excluding tert-OH is 2. The van der Waals surface area contributed by atoms with E-state index in [1.165, 1.54) is 12.2 Å². The maximum absolute atomic E-state index is 11.3. The lowest BCUT2D eigenvalue weighted by Crippen LogP contribution is -2.51. The highest BCUT2D eigenvalue weighted by Crippen LogP contribution is 2.30. The molecular formula is C11H16O5. The van der Waals surface area contributed by atoms with Gasteiger partial charge in [0.2, 0.25) is 0 Å². The fraction of sp³-hybridized carbons (Fsp3) is 0.545. The van der Waals surface area contributed by atoms with Gasteiger partial charge in [-0.25, -0.2) is 4.79 Å². The van der Waals surface area contributed by atoms with Crippen LogP contribution in [0.25, 0.3) is 0 Å². The summed E-state index contributed by atoms with van der Waals surface area (Å²) in [6, 6.07) is 0. The standard InChI is InChI=1S/C11H16O5/c1-2-3-4-5-9(13)11(15)8(6-12)7-16-10(11)14/h2-5,8-9,12-13,15H,6-7H2,1H3. The molecule has 5 heteroatoms. The molecule has 3 unspecified atom stereocenters. The second kappa shape index (κ2) is 5.25. The van der Waals surface area contributed by atoms with Crippen molar-refractivity contribution < 1.29 is 24.9 Å². The van der Waals surface area contributed by atoms with Crippen LogP contribution >= 0.6 is 0 Å². The summed E-state index contributed by atoms with van der Waals surface area (Å²) in [6.07, 6.45) is 4.80. The highest BCUT2D eigenvalue weighted by molar-refractivity contribution is 5.83. The third-order valence-corrected chi connectivity index (χ3v) is 2.63. The molecule has 0 aromatic heterocycles. The quantitative estimate of drug-likeness (QED) is 0.441. The molecule has 0 radical (unpaired) electrons. The molecule has 1 rings (SSSR count). The molecule has 16 heavy (non-hydrogen) atoms. The maximum atomic E-state index is 11.3. The molecule has 0 spiro atoms. The van der Waals surface area contributed by atoms with Gasteiger partial charge in [0.25, 0.3) is 0 Å². The minimum absolute atomic E-state index is 0.0830. The first-order valence-corrected chi connectivity index (χ1v) is 5.05. The zero-order valence-corrected chi connectivity index (χ0v) is 9.04. The minimum Gasteiger partial charge on any atom is -0.463 e. The van der Waals surface area contributed by atoms with E-state index in [2.05, 4.69) is 4.74 Å². The van der Waals surface area contributed by atoms with Gasteiger partial charge in [0, 0.05) is 0 Å². The number of ether oxygens (including phenoxy) is 1. The Labute approximate surface area is 93.7 Å². The molecule has 1 saturated heterocycles. The molecule has 3 atom stereocenters. The van der Waals surface area contributed by atoms with Gasteiger partial charge in [-0.1, -0.05) is 24.3 Å². The van der Waals surface area contributed by atoms with Crippen molar-refractivity contribution in [1.82, 2.24) is 0 Å². The van der Waals surface area contributed by atoms with Crippen LogP contribution in [0.3, 0.4) is 0 Å². The van der Waals surface area contributed by atoms with Gasteiger partial charge in [-0.3, -0.25) is 0 Å². The smallest absolute Gasteiger partial charge is 0.341 e. The Hall–Kier alpha value is -1.17. The van der Waals surface area contributed by atoms with E-state index in [-0.39, 0.29) is 6.61 Å². The van der Waals surface area contributed by atoms with Gasteiger partial charge in [-0.15, -0.1) is 0 Å². The van der Waals surface area contributed by atoms with Crippen LogP contribution in [0.5, 0.6) is 0 Å². The Morgan fingerprint density at radius 2 is 2.31 bits per heavy atom. The van der Waals surface area contributed by atoms with Gasteiger partial charge < -0.3 is 20.1 Å². The molecule has 90 valence electrons. The van der Waals surface area contributed by atoms with Crippen LogP contribution in [0, 0.1) is 5.92 Å². The summed E-state index contributed by atoms with van der Waals surface area (Å²) < 4.78 is 4.64. The first-order valence-electron chi connectivity index (χ1n) is 5.05. The Kier molecular flexibility index (Phi) is 4.23. The van der Waals surface area contributed by atoms with Crippen LogP contribution in [0.4, 0.5) is 0 Å². The summed E-state index contributed by atoms with van der Waals surface area (Å²) >= 11 is 0. The zero-order chi connectivity index (χ0) is 12.2. The average molecular weight is 228 g/mol. The highest BCUT2D eigenvalue weighted by atomic mass is 16.6. The normalized spacial score (nSPS) is 32.5. The van der Waals surface area contributed by atoms with E-state index >= 15 is 0 Å². The molecule has 1 fully saturated rings. The number of carbonyl (C=O) groups excluding carboxylic acids is 1. The van der Waals surface area contributed by atoms with E-state index in [1.807, 2.05) is 0 Å². The number of esters is 1. The van der Waals surface area contributed by atoms with Crippen molar-refractivity contribution in [2.24, 2.45) is 5.92 Å². The molecule has 1 aliphatic rings. The Morgan fingerprint density at radius 1 is 1.62 bits per heavy atom. The van der Waals surface area contributed by atoms with Crippen LogP contribution in [-0.2, 0) is 9.53 Å². The summed E-state index contributed by atoms with van der Waals surface area (Å²) in [5, 5.41) is 28.8. The van der Waals surface area contributed by atoms with Gasteiger partial charge in [0.1, 0.15) is 6.10 Å². The van der Waals surface area contributed by atoms with Gasteiger partial charge in [0.15, 0.2) is 5.60 Å². The molecular weight excluding hydrogens is 212 g/mol. The summed E-state index contributed by atoms with van der Waals surface area (Å²) in [6.45, 7) is 1.29. The van der Waals surface area contributed by atoms with Crippen LogP contribution in [-0.4, -0.2) is 46.2 Å². The lowest BCUT2D eigenvalue weighted by molar-refractivity contribution is -0.163. The summed E-state index contributed by atoms with van der Waals surface area (Å²) in [4.78, 5) is 11.3. The summed E-state index contributed by atoms with van der Waals surface area (Å²) in [5.74, 6) is -1.70. The average Bonchev–Trinajstić information content (AvgIpc) is 2.57. The van der Waals surface area contributed by atoms with Gasteiger partial charge in [-0.05, 0) is 6.92 Å². The lowest BCUT2D eigenvalue weighted by atomic mass is 9.85. The number of cyclic esters (lactones) is 1. The largest absolute Gasteiger partial charge is 0.463 e. The van der Waals surface area contributed by atoms with E-state index in [9.17, 15) is 15.0 Å². The number of aliphatic hydroxyl groups is 3. The van der Waals surface area contributed by atoms with E-state index in [1.54, 1.807) is 19.1 Å². The zero-order valence-electron chi connectivity index (χ0n) is 9.04. The summed E-state index contributed by atoms with van der Waals surface area (Å²) in [7, 11) is 0. The molecule has 1 heterocycles.